The number of hydrogen-bond acceptors (Lipinski definition) is 3. The van der Waals surface area contributed by atoms with Gasteiger partial charge in [0.1, 0.15) is 0 Å². The van der Waals surface area contributed by atoms with Crippen molar-refractivity contribution in [1.29, 1.82) is 0 Å². The third-order valence-corrected chi connectivity index (χ3v) is 5.32. The van der Waals surface area contributed by atoms with Crippen LogP contribution >= 0.6 is 23.2 Å². The van der Waals surface area contributed by atoms with E-state index in [4.69, 9.17) is 23.2 Å². The molecular weight excluding hydrogens is 369 g/mol. The van der Waals surface area contributed by atoms with Gasteiger partial charge < -0.3 is 5.32 Å². The quantitative estimate of drug-likeness (QED) is 0.831. The predicted molar refractivity (Wildman–Crippen MR) is 108 cm³/mol. The van der Waals surface area contributed by atoms with E-state index in [1.165, 1.54) is 5.56 Å². The molecule has 0 radical (unpaired) electrons. The minimum atomic E-state index is -0.208. The van der Waals surface area contributed by atoms with E-state index in [-0.39, 0.29) is 11.9 Å². The number of nitrogens with zero attached hydrogens (tertiary/aromatic N) is 2. The summed E-state index contributed by atoms with van der Waals surface area (Å²) >= 11 is 12.0. The Morgan fingerprint density at radius 1 is 1.08 bits per heavy atom. The molecule has 1 aliphatic heterocycles. The lowest BCUT2D eigenvalue weighted by Crippen LogP contribution is -2.52. The van der Waals surface area contributed by atoms with E-state index in [0.717, 1.165) is 32.7 Å². The highest BCUT2D eigenvalue weighted by molar-refractivity contribution is 6.36. The number of piperazine rings is 1. The van der Waals surface area contributed by atoms with Crippen molar-refractivity contribution in [3.63, 3.8) is 0 Å². The van der Waals surface area contributed by atoms with Gasteiger partial charge in [0.2, 0.25) is 5.91 Å². The Balaban J connectivity index is 1.51. The second-order valence-electron chi connectivity index (χ2n) is 6.59. The molecule has 0 aromatic heterocycles. The molecule has 138 valence electrons. The van der Waals surface area contributed by atoms with Crippen molar-refractivity contribution >= 4 is 34.8 Å². The Kier molecular flexibility index (Phi) is 6.54. The van der Waals surface area contributed by atoms with Crippen molar-refractivity contribution in [2.75, 3.05) is 31.5 Å². The van der Waals surface area contributed by atoms with Crippen LogP contribution in [0.3, 0.4) is 0 Å². The van der Waals surface area contributed by atoms with E-state index >= 15 is 0 Å². The van der Waals surface area contributed by atoms with Crippen molar-refractivity contribution < 1.29 is 4.79 Å². The summed E-state index contributed by atoms with van der Waals surface area (Å²) < 4.78 is 0. The Hall–Kier alpha value is -1.59. The molecule has 2 aromatic carbocycles. The molecule has 3 rings (SSSR count). The predicted octanol–water partition coefficient (Wildman–Crippen LogP) is 4.14. The fourth-order valence-corrected chi connectivity index (χ4v) is 3.60. The van der Waals surface area contributed by atoms with E-state index < -0.39 is 0 Å². The molecule has 1 N–H and O–H groups in total. The molecule has 1 amide bonds. The van der Waals surface area contributed by atoms with Crippen LogP contribution in [0.25, 0.3) is 0 Å². The van der Waals surface area contributed by atoms with Gasteiger partial charge in [-0.25, -0.2) is 0 Å². The molecule has 1 saturated heterocycles. The van der Waals surface area contributed by atoms with Crippen molar-refractivity contribution in [1.82, 2.24) is 9.80 Å². The van der Waals surface area contributed by atoms with Crippen LogP contribution in [0.2, 0.25) is 10.0 Å². The maximum absolute atomic E-state index is 12.6. The summed E-state index contributed by atoms with van der Waals surface area (Å²) in [7, 11) is 0. The lowest BCUT2D eigenvalue weighted by Gasteiger charge is -2.37. The molecule has 0 aliphatic carbocycles. The van der Waals surface area contributed by atoms with Crippen LogP contribution < -0.4 is 5.32 Å². The van der Waals surface area contributed by atoms with Crippen molar-refractivity contribution in [2.24, 2.45) is 0 Å². The van der Waals surface area contributed by atoms with Crippen LogP contribution in [0.4, 0.5) is 5.69 Å². The van der Waals surface area contributed by atoms with Gasteiger partial charge in [0.15, 0.2) is 0 Å². The monoisotopic (exact) mass is 391 g/mol. The Bertz CT molecular complexity index is 746. The van der Waals surface area contributed by atoms with Gasteiger partial charge in [0, 0.05) is 37.7 Å². The maximum atomic E-state index is 12.6. The van der Waals surface area contributed by atoms with Crippen molar-refractivity contribution in [3.8, 4) is 0 Å². The second kappa shape index (κ2) is 8.87. The minimum Gasteiger partial charge on any atom is -0.323 e. The van der Waals surface area contributed by atoms with Crippen LogP contribution in [-0.4, -0.2) is 47.9 Å². The highest BCUT2D eigenvalue weighted by Gasteiger charge is 2.26. The average Bonchev–Trinajstić information content (AvgIpc) is 2.65. The third kappa shape index (κ3) is 4.98. The number of anilines is 1. The normalized spacial score (nSPS) is 17.0. The summed E-state index contributed by atoms with van der Waals surface area (Å²) in [5.74, 6) is -0.0502. The fraction of sp³-hybridized carbons (Fsp3) is 0.350. The number of hydrogen-bond donors (Lipinski definition) is 1. The Morgan fingerprint density at radius 3 is 2.42 bits per heavy atom. The van der Waals surface area contributed by atoms with Gasteiger partial charge in [0.25, 0.3) is 0 Å². The van der Waals surface area contributed by atoms with Crippen molar-refractivity contribution in [2.45, 2.75) is 19.5 Å². The number of halogens is 2. The zero-order chi connectivity index (χ0) is 18.5. The molecule has 0 bridgehead atoms. The summed E-state index contributed by atoms with van der Waals surface area (Å²) in [5.41, 5.74) is 1.92. The van der Waals surface area contributed by atoms with Crippen LogP contribution in [0, 0.1) is 0 Å². The first-order valence-corrected chi connectivity index (χ1v) is 9.55. The van der Waals surface area contributed by atoms with E-state index in [1.54, 1.807) is 18.2 Å². The van der Waals surface area contributed by atoms with Gasteiger partial charge in [-0.2, -0.15) is 0 Å². The number of rotatable bonds is 5. The van der Waals surface area contributed by atoms with E-state index in [2.05, 4.69) is 39.4 Å². The van der Waals surface area contributed by atoms with Gasteiger partial charge in [-0.15, -0.1) is 0 Å². The van der Waals surface area contributed by atoms with Crippen LogP contribution in [0.1, 0.15) is 12.5 Å². The highest BCUT2D eigenvalue weighted by atomic mass is 35.5. The summed E-state index contributed by atoms with van der Waals surface area (Å²) in [6, 6.07) is 15.3. The van der Waals surface area contributed by atoms with Gasteiger partial charge in [-0.05, 0) is 30.7 Å². The molecule has 1 fully saturated rings. The number of benzene rings is 2. The largest absolute Gasteiger partial charge is 0.323 e. The Labute approximate surface area is 164 Å². The van der Waals surface area contributed by atoms with Crippen molar-refractivity contribution in [3.05, 3.63) is 64.1 Å². The highest BCUT2D eigenvalue weighted by Crippen LogP contribution is 2.25. The van der Waals surface area contributed by atoms with Crippen LogP contribution in [0.5, 0.6) is 0 Å². The SMILES string of the molecule is CC(C(=O)Nc1ccc(Cl)cc1Cl)N1CCN(Cc2ccccc2)CC1. The molecule has 2 aromatic rings. The smallest absolute Gasteiger partial charge is 0.241 e. The van der Waals surface area contributed by atoms with E-state index in [1.807, 2.05) is 13.0 Å². The summed E-state index contributed by atoms with van der Waals surface area (Å²) in [5, 5.41) is 3.90. The molecule has 4 nitrogen and oxygen atoms in total. The fourth-order valence-electron chi connectivity index (χ4n) is 3.14. The van der Waals surface area contributed by atoms with Gasteiger partial charge >= 0.3 is 0 Å². The first-order chi connectivity index (χ1) is 12.5. The molecule has 1 aliphatic rings. The standard InChI is InChI=1S/C20H23Cl2N3O/c1-15(20(26)23-19-8-7-17(21)13-18(19)22)25-11-9-24(10-12-25)14-16-5-3-2-4-6-16/h2-8,13,15H,9-12,14H2,1H3,(H,23,26). The molecule has 1 heterocycles. The number of carbonyl (C=O) groups excluding carboxylic acids is 1. The summed E-state index contributed by atoms with van der Waals surface area (Å²) in [6.07, 6.45) is 0. The zero-order valence-corrected chi connectivity index (χ0v) is 16.3. The van der Waals surface area contributed by atoms with Gasteiger partial charge in [-0.1, -0.05) is 53.5 Å². The molecule has 6 heteroatoms. The zero-order valence-electron chi connectivity index (χ0n) is 14.8. The van der Waals surface area contributed by atoms with E-state index in [9.17, 15) is 4.79 Å². The first kappa shape index (κ1) is 19.2. The lowest BCUT2D eigenvalue weighted by molar-refractivity contribution is -0.121. The molecular formula is C20H23Cl2N3O. The van der Waals surface area contributed by atoms with Crippen LogP contribution in [0.15, 0.2) is 48.5 Å². The van der Waals surface area contributed by atoms with Crippen LogP contribution in [-0.2, 0) is 11.3 Å². The maximum Gasteiger partial charge on any atom is 0.241 e. The topological polar surface area (TPSA) is 35.6 Å². The van der Waals surface area contributed by atoms with E-state index in [0.29, 0.717) is 15.7 Å². The molecule has 0 saturated carbocycles. The molecule has 1 atom stereocenters. The summed E-state index contributed by atoms with van der Waals surface area (Å²) in [4.78, 5) is 17.2. The Morgan fingerprint density at radius 2 is 1.77 bits per heavy atom. The first-order valence-electron chi connectivity index (χ1n) is 8.79. The number of nitrogens with one attached hydrogen (secondary N) is 1. The summed E-state index contributed by atoms with van der Waals surface area (Å²) in [6.45, 7) is 6.54. The van der Waals surface area contributed by atoms with Gasteiger partial charge in [0.05, 0.1) is 16.8 Å². The molecule has 26 heavy (non-hydrogen) atoms. The molecule has 0 spiro atoms. The number of carbonyl (C=O) groups is 1. The molecule has 1 unspecified atom stereocenters. The minimum absolute atomic E-state index is 0.0502. The average molecular weight is 392 g/mol. The van der Waals surface area contributed by atoms with Gasteiger partial charge in [-0.3, -0.25) is 14.6 Å². The third-order valence-electron chi connectivity index (χ3n) is 4.77. The lowest BCUT2D eigenvalue weighted by atomic mass is 10.1. The second-order valence-corrected chi connectivity index (χ2v) is 7.43. The number of amides is 1.